The fraction of sp³-hybridized carbons (Fsp3) is 0.385. The fourth-order valence-corrected chi connectivity index (χ4v) is 5.01. The van der Waals surface area contributed by atoms with Crippen molar-refractivity contribution >= 4 is 28.1 Å². The zero-order valence-electron chi connectivity index (χ0n) is 18.5. The molecule has 1 heterocycles. The first kappa shape index (κ1) is 22.5. The Labute approximate surface area is 194 Å². The minimum absolute atomic E-state index is 0.0531. The summed E-state index contributed by atoms with van der Waals surface area (Å²) in [6.07, 6.45) is 7.17. The topological polar surface area (TPSA) is 71.2 Å². The Kier molecular flexibility index (Phi) is 7.91. The predicted molar refractivity (Wildman–Crippen MR) is 134 cm³/mol. The highest BCUT2D eigenvalue weighted by molar-refractivity contribution is 7.13. The molecule has 5 nitrogen and oxygen atoms in total. The lowest BCUT2D eigenvalue weighted by Crippen LogP contribution is -2.33. The summed E-state index contributed by atoms with van der Waals surface area (Å²) in [5, 5.41) is 5.54. The monoisotopic (exact) mass is 448 g/mol. The van der Waals surface area contributed by atoms with Crippen molar-refractivity contribution in [2.45, 2.75) is 45.1 Å². The number of carbonyl (C=O) groups excluding carboxylic acids is 1. The van der Waals surface area contributed by atoms with Crippen molar-refractivity contribution in [3.8, 4) is 11.3 Å². The SMILES string of the molecule is Nc1nc(-c2ccc(NC(=O)CCN(Cc3ccccc3)CC3CCCCC3)cc2)cs1. The standard InChI is InChI=1S/C26H32N4OS/c27-26-29-24(19-32-26)22-11-13-23(14-12-22)28-25(31)15-16-30(17-20-7-3-1-4-8-20)18-21-9-5-2-6-10-21/h1,3-4,7-8,11-14,19,21H,2,5-6,9-10,15-18H2,(H2,27,29)(H,28,31). The summed E-state index contributed by atoms with van der Waals surface area (Å²) in [4.78, 5) is 19.4. The first-order valence-corrected chi connectivity index (χ1v) is 12.4. The molecule has 6 heteroatoms. The summed E-state index contributed by atoms with van der Waals surface area (Å²) in [7, 11) is 0. The van der Waals surface area contributed by atoms with Crippen LogP contribution in [0.25, 0.3) is 11.3 Å². The van der Waals surface area contributed by atoms with E-state index in [1.807, 2.05) is 29.6 Å². The molecule has 2 aromatic carbocycles. The average Bonchev–Trinajstić information content (AvgIpc) is 3.26. The van der Waals surface area contributed by atoms with E-state index >= 15 is 0 Å². The number of anilines is 2. The van der Waals surface area contributed by atoms with Gasteiger partial charge in [0.15, 0.2) is 5.13 Å². The maximum absolute atomic E-state index is 12.7. The number of nitrogens with two attached hydrogens (primary N) is 1. The van der Waals surface area contributed by atoms with Crippen LogP contribution in [0.3, 0.4) is 0 Å². The molecule has 1 aliphatic carbocycles. The third-order valence-corrected chi connectivity index (χ3v) is 6.81. The lowest BCUT2D eigenvalue weighted by Gasteiger charge is -2.29. The van der Waals surface area contributed by atoms with E-state index in [1.54, 1.807) is 0 Å². The van der Waals surface area contributed by atoms with Gasteiger partial charge >= 0.3 is 0 Å². The normalized spacial score (nSPS) is 14.5. The number of hydrogen-bond acceptors (Lipinski definition) is 5. The number of benzene rings is 2. The van der Waals surface area contributed by atoms with E-state index in [1.165, 1.54) is 49.0 Å². The molecular formula is C26H32N4OS. The van der Waals surface area contributed by atoms with Gasteiger partial charge in [0.05, 0.1) is 5.69 Å². The smallest absolute Gasteiger partial charge is 0.225 e. The first-order valence-electron chi connectivity index (χ1n) is 11.5. The second-order valence-corrected chi connectivity index (χ2v) is 9.56. The summed E-state index contributed by atoms with van der Waals surface area (Å²) in [6, 6.07) is 18.4. The molecule has 0 unspecified atom stereocenters. The van der Waals surface area contributed by atoms with Crippen molar-refractivity contribution in [1.29, 1.82) is 0 Å². The summed E-state index contributed by atoms with van der Waals surface area (Å²) in [6.45, 7) is 2.75. The largest absolute Gasteiger partial charge is 0.375 e. The molecule has 1 amide bonds. The molecule has 0 aliphatic heterocycles. The second-order valence-electron chi connectivity index (χ2n) is 8.67. The van der Waals surface area contributed by atoms with Gasteiger partial charge < -0.3 is 11.1 Å². The highest BCUT2D eigenvalue weighted by atomic mass is 32.1. The van der Waals surface area contributed by atoms with Crippen LogP contribution >= 0.6 is 11.3 Å². The molecule has 4 rings (SSSR count). The lowest BCUT2D eigenvalue weighted by atomic mass is 9.89. The Morgan fingerprint density at radius 2 is 1.81 bits per heavy atom. The molecule has 0 saturated heterocycles. The number of nitrogen functional groups attached to an aromatic ring is 1. The van der Waals surface area contributed by atoms with Crippen LogP contribution in [0.2, 0.25) is 0 Å². The zero-order valence-corrected chi connectivity index (χ0v) is 19.3. The van der Waals surface area contributed by atoms with Gasteiger partial charge in [-0.25, -0.2) is 4.98 Å². The van der Waals surface area contributed by atoms with Gasteiger partial charge in [-0.05, 0) is 36.5 Å². The highest BCUT2D eigenvalue weighted by Gasteiger charge is 2.18. The van der Waals surface area contributed by atoms with Crippen molar-refractivity contribution in [2.24, 2.45) is 5.92 Å². The van der Waals surface area contributed by atoms with Crippen molar-refractivity contribution in [3.05, 3.63) is 65.5 Å². The van der Waals surface area contributed by atoms with Gasteiger partial charge in [-0.2, -0.15) is 0 Å². The number of nitrogens with zero attached hydrogens (tertiary/aromatic N) is 2. The minimum Gasteiger partial charge on any atom is -0.375 e. The van der Waals surface area contributed by atoms with Crippen LogP contribution in [0.4, 0.5) is 10.8 Å². The van der Waals surface area contributed by atoms with Crippen LogP contribution in [0.5, 0.6) is 0 Å². The fourth-order valence-electron chi connectivity index (χ4n) is 4.44. The van der Waals surface area contributed by atoms with Crippen molar-refractivity contribution < 1.29 is 4.79 Å². The molecule has 0 spiro atoms. The molecule has 32 heavy (non-hydrogen) atoms. The van der Waals surface area contributed by atoms with Gasteiger partial charge in [-0.1, -0.05) is 61.7 Å². The molecule has 3 aromatic rings. The molecule has 0 radical (unpaired) electrons. The van der Waals surface area contributed by atoms with Crippen molar-refractivity contribution in [3.63, 3.8) is 0 Å². The molecule has 1 aromatic heterocycles. The number of carbonyl (C=O) groups is 1. The number of thiazole rings is 1. The Morgan fingerprint density at radius 1 is 1.06 bits per heavy atom. The van der Waals surface area contributed by atoms with Crippen LogP contribution in [-0.4, -0.2) is 28.9 Å². The lowest BCUT2D eigenvalue weighted by molar-refractivity contribution is -0.116. The molecule has 0 atom stereocenters. The van der Waals surface area contributed by atoms with E-state index in [4.69, 9.17) is 5.73 Å². The van der Waals surface area contributed by atoms with Crippen LogP contribution in [-0.2, 0) is 11.3 Å². The Bertz CT molecular complexity index is 981. The molecule has 3 N–H and O–H groups in total. The minimum atomic E-state index is 0.0531. The molecule has 168 valence electrons. The van der Waals surface area contributed by atoms with Gasteiger partial charge in [-0.15, -0.1) is 11.3 Å². The molecule has 1 aliphatic rings. The third kappa shape index (κ3) is 6.65. The summed E-state index contributed by atoms with van der Waals surface area (Å²) in [5.41, 5.74) is 9.70. The van der Waals surface area contributed by atoms with E-state index in [2.05, 4.69) is 45.5 Å². The highest BCUT2D eigenvalue weighted by Crippen LogP contribution is 2.26. The van der Waals surface area contributed by atoms with Crippen molar-refractivity contribution in [2.75, 3.05) is 24.1 Å². The Morgan fingerprint density at radius 3 is 2.50 bits per heavy atom. The van der Waals surface area contributed by atoms with Crippen LogP contribution < -0.4 is 11.1 Å². The Balaban J connectivity index is 1.31. The van der Waals surface area contributed by atoms with Gasteiger partial charge in [0, 0.05) is 42.7 Å². The molecule has 1 saturated carbocycles. The number of hydrogen-bond donors (Lipinski definition) is 2. The summed E-state index contributed by atoms with van der Waals surface area (Å²) >= 11 is 1.43. The number of rotatable bonds is 9. The number of aromatic nitrogens is 1. The van der Waals surface area contributed by atoms with Crippen molar-refractivity contribution in [1.82, 2.24) is 9.88 Å². The quantitative estimate of drug-likeness (QED) is 0.434. The van der Waals surface area contributed by atoms with Crippen LogP contribution in [0, 0.1) is 5.92 Å². The zero-order chi connectivity index (χ0) is 22.2. The van der Waals surface area contributed by atoms with E-state index in [9.17, 15) is 4.79 Å². The third-order valence-electron chi connectivity index (χ3n) is 6.13. The van der Waals surface area contributed by atoms with E-state index < -0.39 is 0 Å². The van der Waals surface area contributed by atoms with E-state index in [-0.39, 0.29) is 5.91 Å². The number of amides is 1. The maximum atomic E-state index is 12.7. The molecule has 1 fully saturated rings. The molecular weight excluding hydrogens is 416 g/mol. The van der Waals surface area contributed by atoms with Gasteiger partial charge in [0.1, 0.15) is 0 Å². The van der Waals surface area contributed by atoms with Gasteiger partial charge in [0.2, 0.25) is 5.91 Å². The summed E-state index contributed by atoms with van der Waals surface area (Å²) < 4.78 is 0. The number of nitrogens with one attached hydrogen (secondary N) is 1. The van der Waals surface area contributed by atoms with Gasteiger partial charge in [0.25, 0.3) is 0 Å². The molecule has 0 bridgehead atoms. The maximum Gasteiger partial charge on any atom is 0.225 e. The van der Waals surface area contributed by atoms with E-state index in [0.717, 1.165) is 42.5 Å². The van der Waals surface area contributed by atoms with Crippen LogP contribution in [0.1, 0.15) is 44.1 Å². The predicted octanol–water partition coefficient (Wildman–Crippen LogP) is 5.80. The average molecular weight is 449 g/mol. The van der Waals surface area contributed by atoms with Gasteiger partial charge in [-0.3, -0.25) is 9.69 Å². The summed E-state index contributed by atoms with van der Waals surface area (Å²) in [5.74, 6) is 0.806. The van der Waals surface area contributed by atoms with Crippen LogP contribution in [0.15, 0.2) is 60.0 Å². The first-order chi connectivity index (χ1) is 15.7. The second kappa shape index (κ2) is 11.2. The Hall–Kier alpha value is -2.70. The van der Waals surface area contributed by atoms with E-state index in [0.29, 0.717) is 11.6 Å².